The Labute approximate surface area is 165 Å². The van der Waals surface area contributed by atoms with E-state index < -0.39 is 15.9 Å². The predicted octanol–water partition coefficient (Wildman–Crippen LogP) is 2.20. The molecular weight excluding hydrogens is 380 g/mol. The van der Waals surface area contributed by atoms with Crippen LogP contribution in [-0.4, -0.2) is 45.9 Å². The maximum atomic E-state index is 13.2. The zero-order valence-corrected chi connectivity index (χ0v) is 16.7. The molecule has 0 spiro atoms. The van der Waals surface area contributed by atoms with E-state index in [1.807, 2.05) is 18.2 Å². The standard InChI is InChI=1S/C20H24N2O5S/c1-4-12-21-20(23)15-22(14-16-8-6-5-7-9-16)28(24,25)17-10-11-18(26-2)19(13-17)27-3/h4-11,13H,1,12,14-15H2,2-3H3,(H,21,23). The maximum absolute atomic E-state index is 13.2. The number of hydrogen-bond donors (Lipinski definition) is 1. The van der Waals surface area contributed by atoms with Gasteiger partial charge in [0.1, 0.15) is 0 Å². The number of rotatable bonds is 10. The summed E-state index contributed by atoms with van der Waals surface area (Å²) in [6, 6.07) is 13.4. The first kappa shape index (κ1) is 21.5. The second-order valence-corrected chi connectivity index (χ2v) is 7.81. The molecule has 0 fully saturated rings. The molecule has 0 aliphatic heterocycles. The molecule has 28 heavy (non-hydrogen) atoms. The van der Waals surface area contributed by atoms with Gasteiger partial charge < -0.3 is 14.8 Å². The lowest BCUT2D eigenvalue weighted by atomic mass is 10.2. The van der Waals surface area contributed by atoms with E-state index in [0.717, 1.165) is 9.87 Å². The van der Waals surface area contributed by atoms with Crippen LogP contribution in [0.3, 0.4) is 0 Å². The van der Waals surface area contributed by atoms with Crippen LogP contribution in [0.25, 0.3) is 0 Å². The number of nitrogens with one attached hydrogen (secondary N) is 1. The van der Waals surface area contributed by atoms with Crippen molar-refractivity contribution >= 4 is 15.9 Å². The maximum Gasteiger partial charge on any atom is 0.243 e. The van der Waals surface area contributed by atoms with E-state index in [-0.39, 0.29) is 24.5 Å². The molecule has 2 aromatic carbocycles. The number of methoxy groups -OCH3 is 2. The SMILES string of the molecule is C=CCNC(=O)CN(Cc1ccccc1)S(=O)(=O)c1ccc(OC)c(OC)c1. The quantitative estimate of drug-likeness (QED) is 0.614. The second kappa shape index (κ2) is 9.91. The fourth-order valence-electron chi connectivity index (χ4n) is 2.54. The average Bonchev–Trinajstić information content (AvgIpc) is 2.71. The highest BCUT2D eigenvalue weighted by molar-refractivity contribution is 7.89. The lowest BCUT2D eigenvalue weighted by molar-refractivity contribution is -0.121. The number of ether oxygens (including phenoxy) is 2. The van der Waals surface area contributed by atoms with Crippen molar-refractivity contribution in [1.29, 1.82) is 0 Å². The van der Waals surface area contributed by atoms with Gasteiger partial charge >= 0.3 is 0 Å². The summed E-state index contributed by atoms with van der Waals surface area (Å²) in [6.07, 6.45) is 1.53. The van der Waals surface area contributed by atoms with Crippen LogP contribution in [0, 0.1) is 0 Å². The summed E-state index contributed by atoms with van der Waals surface area (Å²) in [7, 11) is -1.07. The Morgan fingerprint density at radius 3 is 2.39 bits per heavy atom. The van der Waals surface area contributed by atoms with E-state index in [2.05, 4.69) is 11.9 Å². The lowest BCUT2D eigenvalue weighted by Gasteiger charge is -2.22. The molecule has 0 aliphatic rings. The molecule has 0 saturated carbocycles. The van der Waals surface area contributed by atoms with Gasteiger partial charge in [0.05, 0.1) is 25.7 Å². The molecule has 0 atom stereocenters. The normalized spacial score (nSPS) is 11.1. The molecule has 1 N–H and O–H groups in total. The van der Waals surface area contributed by atoms with Crippen LogP contribution >= 0.6 is 0 Å². The first-order valence-corrected chi connectivity index (χ1v) is 10.00. The number of nitrogens with zero attached hydrogens (tertiary/aromatic N) is 1. The van der Waals surface area contributed by atoms with Gasteiger partial charge in [0, 0.05) is 19.2 Å². The molecule has 150 valence electrons. The Hall–Kier alpha value is -2.84. The van der Waals surface area contributed by atoms with Gasteiger partial charge in [-0.05, 0) is 17.7 Å². The minimum absolute atomic E-state index is 0.0117. The number of amides is 1. The topological polar surface area (TPSA) is 84.9 Å². The van der Waals surface area contributed by atoms with Gasteiger partial charge in [0.2, 0.25) is 15.9 Å². The van der Waals surface area contributed by atoms with Crippen molar-refractivity contribution < 1.29 is 22.7 Å². The van der Waals surface area contributed by atoms with Crippen LogP contribution in [0.15, 0.2) is 66.1 Å². The van der Waals surface area contributed by atoms with E-state index in [4.69, 9.17) is 9.47 Å². The molecule has 0 unspecified atom stereocenters. The Morgan fingerprint density at radius 1 is 1.11 bits per heavy atom. The number of benzene rings is 2. The summed E-state index contributed by atoms with van der Waals surface area (Å²) in [5.41, 5.74) is 0.767. The van der Waals surface area contributed by atoms with Gasteiger partial charge in [-0.25, -0.2) is 8.42 Å². The third kappa shape index (κ3) is 5.34. The third-order valence-electron chi connectivity index (χ3n) is 3.96. The number of carbonyl (C=O) groups excluding carboxylic acids is 1. The van der Waals surface area contributed by atoms with Crippen molar-refractivity contribution in [3.8, 4) is 11.5 Å². The molecule has 0 saturated heterocycles. The molecular formula is C20H24N2O5S. The van der Waals surface area contributed by atoms with E-state index in [1.165, 1.54) is 38.5 Å². The summed E-state index contributed by atoms with van der Waals surface area (Å²) < 4.78 is 38.0. The number of carbonyl (C=O) groups is 1. The zero-order valence-electron chi connectivity index (χ0n) is 15.9. The largest absolute Gasteiger partial charge is 0.493 e. The molecule has 0 bridgehead atoms. The zero-order chi connectivity index (χ0) is 20.6. The van der Waals surface area contributed by atoms with Gasteiger partial charge in [-0.3, -0.25) is 4.79 Å². The van der Waals surface area contributed by atoms with Crippen LogP contribution in [0.2, 0.25) is 0 Å². The predicted molar refractivity (Wildman–Crippen MR) is 107 cm³/mol. The summed E-state index contributed by atoms with van der Waals surface area (Å²) in [4.78, 5) is 12.2. The van der Waals surface area contributed by atoms with Gasteiger partial charge in [-0.15, -0.1) is 6.58 Å². The molecule has 2 aromatic rings. The van der Waals surface area contributed by atoms with Gasteiger partial charge in [-0.1, -0.05) is 36.4 Å². The van der Waals surface area contributed by atoms with Crippen LogP contribution in [0.1, 0.15) is 5.56 Å². The van der Waals surface area contributed by atoms with Gasteiger partial charge in [0.25, 0.3) is 0 Å². The monoisotopic (exact) mass is 404 g/mol. The van der Waals surface area contributed by atoms with Crippen LogP contribution in [0.4, 0.5) is 0 Å². The highest BCUT2D eigenvalue weighted by atomic mass is 32.2. The number of hydrogen-bond acceptors (Lipinski definition) is 5. The van der Waals surface area contributed by atoms with Crippen molar-refractivity contribution in [1.82, 2.24) is 9.62 Å². The fourth-order valence-corrected chi connectivity index (χ4v) is 3.94. The van der Waals surface area contributed by atoms with Crippen molar-refractivity contribution in [2.24, 2.45) is 0 Å². The van der Waals surface area contributed by atoms with Crippen molar-refractivity contribution in [3.63, 3.8) is 0 Å². The smallest absolute Gasteiger partial charge is 0.243 e. The van der Waals surface area contributed by atoms with Gasteiger partial charge in [0.15, 0.2) is 11.5 Å². The molecule has 1 amide bonds. The average molecular weight is 404 g/mol. The molecule has 7 nitrogen and oxygen atoms in total. The lowest BCUT2D eigenvalue weighted by Crippen LogP contribution is -2.40. The highest BCUT2D eigenvalue weighted by Gasteiger charge is 2.28. The Balaban J connectivity index is 2.39. The van der Waals surface area contributed by atoms with E-state index in [1.54, 1.807) is 12.1 Å². The van der Waals surface area contributed by atoms with E-state index >= 15 is 0 Å². The summed E-state index contributed by atoms with van der Waals surface area (Å²) in [5.74, 6) is 0.291. The molecule has 0 aliphatic carbocycles. The van der Waals surface area contributed by atoms with Crippen LogP contribution in [-0.2, 0) is 21.4 Å². The molecule has 2 rings (SSSR count). The number of sulfonamides is 1. The Kier molecular flexibility index (Phi) is 7.60. The molecule has 8 heteroatoms. The summed E-state index contributed by atoms with van der Waals surface area (Å²) >= 11 is 0. The minimum atomic E-state index is -3.97. The van der Waals surface area contributed by atoms with Crippen molar-refractivity contribution in [2.75, 3.05) is 27.3 Å². The van der Waals surface area contributed by atoms with E-state index in [9.17, 15) is 13.2 Å². The van der Waals surface area contributed by atoms with Gasteiger partial charge in [-0.2, -0.15) is 4.31 Å². The first-order chi connectivity index (χ1) is 13.4. The molecule has 0 radical (unpaired) electrons. The minimum Gasteiger partial charge on any atom is -0.493 e. The van der Waals surface area contributed by atoms with Crippen LogP contribution < -0.4 is 14.8 Å². The third-order valence-corrected chi connectivity index (χ3v) is 5.75. The van der Waals surface area contributed by atoms with E-state index in [0.29, 0.717) is 11.5 Å². The van der Waals surface area contributed by atoms with Crippen molar-refractivity contribution in [2.45, 2.75) is 11.4 Å². The molecule has 0 aromatic heterocycles. The Bertz CT molecular complexity index is 913. The fraction of sp³-hybridized carbons (Fsp3) is 0.250. The highest BCUT2D eigenvalue weighted by Crippen LogP contribution is 2.31. The molecule has 0 heterocycles. The summed E-state index contributed by atoms with van der Waals surface area (Å²) in [5, 5.41) is 2.61. The second-order valence-electron chi connectivity index (χ2n) is 5.87. The Morgan fingerprint density at radius 2 is 1.79 bits per heavy atom. The van der Waals surface area contributed by atoms with Crippen molar-refractivity contribution in [3.05, 3.63) is 66.7 Å². The summed E-state index contributed by atoms with van der Waals surface area (Å²) in [6.45, 7) is 3.53. The first-order valence-electron chi connectivity index (χ1n) is 8.56. The van der Waals surface area contributed by atoms with Crippen LogP contribution in [0.5, 0.6) is 11.5 Å².